The number of ether oxygens (including phenoxy) is 1. The first-order valence-corrected chi connectivity index (χ1v) is 8.54. The third kappa shape index (κ3) is 4.03. The summed E-state index contributed by atoms with van der Waals surface area (Å²) in [6.45, 7) is 3.92. The number of hydrogen-bond acceptors (Lipinski definition) is 3. The van der Waals surface area contributed by atoms with Gasteiger partial charge in [-0.1, -0.05) is 18.2 Å². The second-order valence-electron chi connectivity index (χ2n) is 6.62. The summed E-state index contributed by atoms with van der Waals surface area (Å²) in [5.41, 5.74) is 4.03. The fourth-order valence-corrected chi connectivity index (χ4v) is 3.53. The van der Waals surface area contributed by atoms with Gasteiger partial charge in [0.1, 0.15) is 0 Å². The van der Waals surface area contributed by atoms with Crippen molar-refractivity contribution in [3.8, 4) is 0 Å². The van der Waals surface area contributed by atoms with Crippen LogP contribution >= 0.6 is 0 Å². The van der Waals surface area contributed by atoms with Crippen LogP contribution < -0.4 is 5.32 Å². The molecule has 0 radical (unpaired) electrons. The second kappa shape index (κ2) is 7.32. The number of hydrogen-bond donors (Lipinski definition) is 2. The average molecular weight is 318 g/mol. The van der Waals surface area contributed by atoms with E-state index >= 15 is 0 Å². The quantitative estimate of drug-likeness (QED) is 0.891. The first-order chi connectivity index (χ1) is 11.1. The smallest absolute Gasteiger partial charge is 0.318 e. The number of morpholine rings is 1. The molecule has 2 atom stereocenters. The van der Waals surface area contributed by atoms with Crippen molar-refractivity contribution in [2.75, 3.05) is 19.8 Å². The van der Waals surface area contributed by atoms with E-state index in [9.17, 15) is 9.90 Å². The Morgan fingerprint density at radius 3 is 3.09 bits per heavy atom. The third-order valence-corrected chi connectivity index (χ3v) is 4.71. The van der Waals surface area contributed by atoms with Crippen LogP contribution in [0.3, 0.4) is 0 Å². The highest BCUT2D eigenvalue weighted by atomic mass is 16.5. The van der Waals surface area contributed by atoms with Crippen LogP contribution in [-0.4, -0.2) is 47.9 Å². The Kier molecular flexibility index (Phi) is 5.18. The molecule has 2 amide bonds. The van der Waals surface area contributed by atoms with E-state index in [2.05, 4.69) is 23.5 Å². The van der Waals surface area contributed by atoms with E-state index in [-0.39, 0.29) is 12.1 Å². The summed E-state index contributed by atoms with van der Waals surface area (Å²) in [6.07, 6.45) is 3.67. The molecule has 5 nitrogen and oxygen atoms in total. The standard InChI is InChI=1S/C18H26N2O3/c1-13(21)9-17-12-23-8-7-20(17)18(22)19-11-14-5-6-15-3-2-4-16(15)10-14/h5-6,10,13,17,21H,2-4,7-9,11-12H2,1H3,(H,19,22)/t13-,17-/m1/s1. The lowest BCUT2D eigenvalue weighted by Gasteiger charge is -2.36. The molecular formula is C18H26N2O3. The molecule has 5 heteroatoms. The minimum absolute atomic E-state index is 0.0521. The zero-order valence-corrected chi connectivity index (χ0v) is 13.8. The molecule has 0 aromatic heterocycles. The summed E-state index contributed by atoms with van der Waals surface area (Å²) in [6, 6.07) is 6.39. The number of nitrogens with zero attached hydrogens (tertiary/aromatic N) is 1. The fraction of sp³-hybridized carbons (Fsp3) is 0.611. The van der Waals surface area contributed by atoms with E-state index in [0.717, 1.165) is 12.0 Å². The van der Waals surface area contributed by atoms with E-state index in [0.29, 0.717) is 32.7 Å². The van der Waals surface area contributed by atoms with Crippen LogP contribution in [0.2, 0.25) is 0 Å². The number of carbonyl (C=O) groups excluding carboxylic acids is 1. The topological polar surface area (TPSA) is 61.8 Å². The van der Waals surface area contributed by atoms with E-state index in [1.807, 2.05) is 0 Å². The van der Waals surface area contributed by atoms with Crippen molar-refractivity contribution in [3.63, 3.8) is 0 Å². The molecule has 0 unspecified atom stereocenters. The Bertz CT molecular complexity index is 559. The lowest BCUT2D eigenvalue weighted by molar-refractivity contribution is -0.00437. The van der Waals surface area contributed by atoms with Crippen molar-refractivity contribution < 1.29 is 14.6 Å². The number of aryl methyl sites for hydroxylation is 2. The van der Waals surface area contributed by atoms with Crippen molar-refractivity contribution in [1.82, 2.24) is 10.2 Å². The molecule has 1 aliphatic carbocycles. The SMILES string of the molecule is C[C@@H](O)C[C@@H]1COCCN1C(=O)NCc1ccc2c(c1)CCC2. The maximum atomic E-state index is 12.5. The highest BCUT2D eigenvalue weighted by Crippen LogP contribution is 2.22. The van der Waals surface area contributed by atoms with E-state index in [1.165, 1.54) is 24.0 Å². The van der Waals surface area contributed by atoms with Crippen molar-refractivity contribution in [2.24, 2.45) is 0 Å². The van der Waals surface area contributed by atoms with Gasteiger partial charge in [-0.3, -0.25) is 0 Å². The van der Waals surface area contributed by atoms with Crippen LogP contribution in [0, 0.1) is 0 Å². The van der Waals surface area contributed by atoms with E-state index in [4.69, 9.17) is 4.74 Å². The summed E-state index contributed by atoms with van der Waals surface area (Å²) >= 11 is 0. The summed E-state index contributed by atoms with van der Waals surface area (Å²) in [5, 5.41) is 12.6. The molecule has 1 fully saturated rings. The summed E-state index contributed by atoms with van der Waals surface area (Å²) in [7, 11) is 0. The third-order valence-electron chi connectivity index (χ3n) is 4.71. The van der Waals surface area contributed by atoms with Gasteiger partial charge in [0, 0.05) is 13.1 Å². The maximum absolute atomic E-state index is 12.5. The normalized spacial score (nSPS) is 21.8. The van der Waals surface area contributed by atoms with Gasteiger partial charge in [0.15, 0.2) is 0 Å². The van der Waals surface area contributed by atoms with Gasteiger partial charge in [0.05, 0.1) is 25.4 Å². The largest absolute Gasteiger partial charge is 0.393 e. The Hall–Kier alpha value is -1.59. The molecule has 3 rings (SSSR count). The number of benzene rings is 1. The molecule has 1 aliphatic heterocycles. The predicted molar refractivity (Wildman–Crippen MR) is 88.3 cm³/mol. The van der Waals surface area contributed by atoms with Gasteiger partial charge >= 0.3 is 6.03 Å². The minimum atomic E-state index is -0.436. The molecule has 126 valence electrons. The van der Waals surface area contributed by atoms with Crippen LogP contribution in [0.25, 0.3) is 0 Å². The Balaban J connectivity index is 1.57. The van der Waals surface area contributed by atoms with Crippen LogP contribution in [0.1, 0.15) is 36.5 Å². The highest BCUT2D eigenvalue weighted by Gasteiger charge is 2.28. The second-order valence-corrected chi connectivity index (χ2v) is 6.62. The molecule has 2 N–H and O–H groups in total. The van der Waals surface area contributed by atoms with Gasteiger partial charge in [0.2, 0.25) is 0 Å². The number of urea groups is 1. The van der Waals surface area contributed by atoms with Crippen molar-refractivity contribution >= 4 is 6.03 Å². The minimum Gasteiger partial charge on any atom is -0.393 e. The molecule has 1 aromatic rings. The van der Waals surface area contributed by atoms with Crippen LogP contribution in [0.5, 0.6) is 0 Å². The van der Waals surface area contributed by atoms with Gasteiger partial charge in [-0.05, 0) is 49.3 Å². The first kappa shape index (κ1) is 16.3. The summed E-state index contributed by atoms with van der Waals surface area (Å²) in [4.78, 5) is 14.3. The molecule has 1 aromatic carbocycles. The van der Waals surface area contributed by atoms with Crippen molar-refractivity contribution in [2.45, 2.75) is 51.3 Å². The van der Waals surface area contributed by atoms with Gasteiger partial charge < -0.3 is 20.1 Å². The van der Waals surface area contributed by atoms with E-state index < -0.39 is 6.10 Å². The lowest BCUT2D eigenvalue weighted by Crippen LogP contribution is -2.53. The van der Waals surface area contributed by atoms with Crippen LogP contribution in [-0.2, 0) is 24.1 Å². The predicted octanol–water partition coefficient (Wildman–Crippen LogP) is 1.86. The number of amides is 2. The molecule has 23 heavy (non-hydrogen) atoms. The highest BCUT2D eigenvalue weighted by molar-refractivity contribution is 5.74. The van der Waals surface area contributed by atoms with Gasteiger partial charge in [-0.2, -0.15) is 0 Å². The summed E-state index contributed by atoms with van der Waals surface area (Å²) < 4.78 is 5.44. The van der Waals surface area contributed by atoms with Crippen molar-refractivity contribution in [3.05, 3.63) is 34.9 Å². The number of carbonyl (C=O) groups is 1. The molecule has 1 heterocycles. The molecule has 0 bridgehead atoms. The van der Waals surface area contributed by atoms with Gasteiger partial charge in [0.25, 0.3) is 0 Å². The molecule has 1 saturated heterocycles. The molecule has 0 spiro atoms. The molecule has 2 aliphatic rings. The number of aliphatic hydroxyl groups is 1. The number of aliphatic hydroxyl groups excluding tert-OH is 1. The number of rotatable bonds is 4. The van der Waals surface area contributed by atoms with Gasteiger partial charge in [-0.15, -0.1) is 0 Å². The molecule has 0 saturated carbocycles. The summed E-state index contributed by atoms with van der Waals surface area (Å²) in [5.74, 6) is 0. The Morgan fingerprint density at radius 1 is 1.43 bits per heavy atom. The van der Waals surface area contributed by atoms with Crippen LogP contribution in [0.4, 0.5) is 4.79 Å². The number of nitrogens with one attached hydrogen (secondary N) is 1. The monoisotopic (exact) mass is 318 g/mol. The zero-order valence-electron chi connectivity index (χ0n) is 13.8. The van der Waals surface area contributed by atoms with Crippen LogP contribution in [0.15, 0.2) is 18.2 Å². The van der Waals surface area contributed by atoms with E-state index in [1.54, 1.807) is 11.8 Å². The lowest BCUT2D eigenvalue weighted by atomic mass is 10.1. The fourth-order valence-electron chi connectivity index (χ4n) is 3.53. The zero-order chi connectivity index (χ0) is 16.2. The Labute approximate surface area is 137 Å². The Morgan fingerprint density at radius 2 is 2.26 bits per heavy atom. The average Bonchev–Trinajstić information content (AvgIpc) is 3.00. The molecular weight excluding hydrogens is 292 g/mol. The van der Waals surface area contributed by atoms with Gasteiger partial charge in [-0.25, -0.2) is 4.79 Å². The first-order valence-electron chi connectivity index (χ1n) is 8.54. The number of fused-ring (bicyclic) bond motifs is 1. The van der Waals surface area contributed by atoms with Crippen molar-refractivity contribution in [1.29, 1.82) is 0 Å². The maximum Gasteiger partial charge on any atom is 0.318 e.